The van der Waals surface area contributed by atoms with Gasteiger partial charge in [-0.2, -0.15) is 0 Å². The van der Waals surface area contributed by atoms with Gasteiger partial charge in [0.2, 0.25) is 0 Å². The molecule has 48 valence electrons. The highest BCUT2D eigenvalue weighted by Gasteiger charge is 1.90. The molecule has 0 aromatic carbocycles. The van der Waals surface area contributed by atoms with Crippen LogP contribution in [-0.2, 0) is 0 Å². The first-order valence-electron chi connectivity index (χ1n) is 2.65. The second kappa shape index (κ2) is 3.50. The quantitative estimate of drug-likeness (QED) is 0.543. The van der Waals surface area contributed by atoms with Crippen molar-refractivity contribution in [2.75, 3.05) is 20.6 Å². The highest BCUT2D eigenvalue weighted by atomic mass is 16.3. The zero-order valence-electron chi connectivity index (χ0n) is 5.68. The van der Waals surface area contributed by atoms with Crippen molar-refractivity contribution in [1.29, 1.82) is 0 Å². The number of nitrogens with zero attached hydrogens (tertiary/aromatic N) is 1. The lowest BCUT2D eigenvalue weighted by Crippen LogP contribution is -2.14. The van der Waals surface area contributed by atoms with Crippen LogP contribution in [-0.4, -0.2) is 30.6 Å². The van der Waals surface area contributed by atoms with Crippen LogP contribution in [0, 0.1) is 0 Å². The molecule has 0 aliphatic carbocycles. The summed E-state index contributed by atoms with van der Waals surface area (Å²) in [6, 6.07) is 0. The lowest BCUT2D eigenvalue weighted by Gasteiger charge is -2.06. The molecular formula is C6H13NO. The minimum Gasteiger partial charge on any atom is -0.511 e. The fourth-order valence-corrected chi connectivity index (χ4v) is 0.415. The van der Waals surface area contributed by atoms with Gasteiger partial charge in [-0.05, 0) is 27.1 Å². The van der Waals surface area contributed by atoms with Crippen molar-refractivity contribution in [3.05, 3.63) is 11.8 Å². The van der Waals surface area contributed by atoms with Crippen molar-refractivity contribution in [1.82, 2.24) is 4.90 Å². The Bertz CT molecular complexity index is 86.5. The van der Waals surface area contributed by atoms with Gasteiger partial charge in [0, 0.05) is 0 Å². The van der Waals surface area contributed by atoms with E-state index in [-0.39, 0.29) is 0 Å². The summed E-state index contributed by atoms with van der Waals surface area (Å²) in [5.41, 5.74) is 0. The molecule has 0 aromatic heterocycles. The number of allylic oxidation sites excluding steroid dienone is 1. The topological polar surface area (TPSA) is 23.5 Å². The summed E-state index contributed by atoms with van der Waals surface area (Å²) in [6.07, 6.45) is 1.69. The minimum atomic E-state index is 0.426. The van der Waals surface area contributed by atoms with Crippen LogP contribution in [0.25, 0.3) is 0 Å². The van der Waals surface area contributed by atoms with Gasteiger partial charge in [-0.25, -0.2) is 0 Å². The summed E-state index contributed by atoms with van der Waals surface area (Å²) in [4.78, 5) is 1.91. The third kappa shape index (κ3) is 3.68. The molecule has 2 heteroatoms. The van der Waals surface area contributed by atoms with E-state index in [1.807, 2.05) is 25.9 Å². The molecule has 0 spiro atoms. The molecule has 0 aliphatic rings. The van der Waals surface area contributed by atoms with Crippen molar-refractivity contribution >= 4 is 0 Å². The van der Waals surface area contributed by atoms with E-state index in [4.69, 9.17) is 5.11 Å². The third-order valence-electron chi connectivity index (χ3n) is 0.811. The lowest BCUT2D eigenvalue weighted by atomic mass is 10.4. The van der Waals surface area contributed by atoms with Crippen LogP contribution in [0.2, 0.25) is 0 Å². The van der Waals surface area contributed by atoms with E-state index in [1.165, 1.54) is 0 Å². The van der Waals surface area contributed by atoms with E-state index in [0.717, 1.165) is 0 Å². The van der Waals surface area contributed by atoms with E-state index in [2.05, 4.69) is 0 Å². The zero-order chi connectivity index (χ0) is 6.57. The van der Waals surface area contributed by atoms with E-state index in [9.17, 15) is 0 Å². The van der Waals surface area contributed by atoms with Gasteiger partial charge in [0.15, 0.2) is 0 Å². The Labute approximate surface area is 50.4 Å². The first-order chi connectivity index (χ1) is 3.66. The van der Waals surface area contributed by atoms with Crippen molar-refractivity contribution in [3.8, 4) is 0 Å². The van der Waals surface area contributed by atoms with E-state index in [1.54, 1.807) is 6.08 Å². The van der Waals surface area contributed by atoms with Crippen LogP contribution >= 0.6 is 0 Å². The first-order valence-corrected chi connectivity index (χ1v) is 2.65. The Morgan fingerprint density at radius 3 is 2.25 bits per heavy atom. The monoisotopic (exact) mass is 115 g/mol. The number of aliphatic hydroxyl groups is 1. The molecule has 0 saturated heterocycles. The maximum absolute atomic E-state index is 8.85. The molecule has 0 aromatic rings. The second-order valence-electron chi connectivity index (χ2n) is 2.02. The van der Waals surface area contributed by atoms with Gasteiger partial charge >= 0.3 is 0 Å². The van der Waals surface area contributed by atoms with E-state index >= 15 is 0 Å². The molecule has 2 nitrogen and oxygen atoms in total. The summed E-state index contributed by atoms with van der Waals surface area (Å²) in [7, 11) is 3.83. The SMILES string of the molecule is C/C=C(\O)CN(C)C. The third-order valence-corrected chi connectivity index (χ3v) is 0.811. The zero-order valence-corrected chi connectivity index (χ0v) is 5.68. The standard InChI is InChI=1S/C6H13NO/c1-4-6(8)5-7(2)3/h4,8H,5H2,1-3H3/b6-4-. The predicted octanol–water partition coefficient (Wildman–Crippen LogP) is 1.01. The molecule has 0 amide bonds. The lowest BCUT2D eigenvalue weighted by molar-refractivity contribution is 0.324. The average molecular weight is 115 g/mol. The molecule has 0 radical (unpaired) electrons. The van der Waals surface area contributed by atoms with Gasteiger partial charge < -0.3 is 10.0 Å². The molecule has 0 atom stereocenters. The summed E-state index contributed by atoms with van der Waals surface area (Å²) >= 11 is 0. The van der Waals surface area contributed by atoms with Crippen LogP contribution in [0.1, 0.15) is 6.92 Å². The number of rotatable bonds is 2. The highest BCUT2D eigenvalue weighted by molar-refractivity contribution is 4.89. The average Bonchev–Trinajstić information content (AvgIpc) is 1.65. The summed E-state index contributed by atoms with van der Waals surface area (Å²) in [5.74, 6) is 0.426. The van der Waals surface area contributed by atoms with Gasteiger partial charge in [-0.15, -0.1) is 0 Å². The largest absolute Gasteiger partial charge is 0.511 e. The fraction of sp³-hybridized carbons (Fsp3) is 0.667. The minimum absolute atomic E-state index is 0.426. The number of hydrogen-bond donors (Lipinski definition) is 1. The van der Waals surface area contributed by atoms with Crippen molar-refractivity contribution < 1.29 is 5.11 Å². The predicted molar refractivity (Wildman–Crippen MR) is 34.9 cm³/mol. The van der Waals surface area contributed by atoms with Crippen LogP contribution in [0.15, 0.2) is 11.8 Å². The molecule has 8 heavy (non-hydrogen) atoms. The fourth-order valence-electron chi connectivity index (χ4n) is 0.415. The van der Waals surface area contributed by atoms with Gasteiger partial charge in [0.05, 0.1) is 6.54 Å². The maximum atomic E-state index is 8.85. The maximum Gasteiger partial charge on any atom is 0.102 e. The van der Waals surface area contributed by atoms with Gasteiger partial charge in [0.25, 0.3) is 0 Å². The Hall–Kier alpha value is -0.500. The van der Waals surface area contributed by atoms with Crippen LogP contribution in [0.4, 0.5) is 0 Å². The van der Waals surface area contributed by atoms with Crippen LogP contribution < -0.4 is 0 Å². The van der Waals surface area contributed by atoms with E-state index < -0.39 is 0 Å². The van der Waals surface area contributed by atoms with Gasteiger partial charge in [-0.3, -0.25) is 0 Å². The Morgan fingerprint density at radius 2 is 2.12 bits per heavy atom. The van der Waals surface area contributed by atoms with Crippen molar-refractivity contribution in [2.45, 2.75) is 6.92 Å². The molecule has 0 rings (SSSR count). The molecule has 0 saturated carbocycles. The number of hydrogen-bond acceptors (Lipinski definition) is 2. The van der Waals surface area contributed by atoms with Crippen LogP contribution in [0.5, 0.6) is 0 Å². The van der Waals surface area contributed by atoms with E-state index in [0.29, 0.717) is 12.3 Å². The molecule has 1 N–H and O–H groups in total. The normalized spacial score (nSPS) is 12.8. The number of likely N-dealkylation sites (N-methyl/N-ethyl adjacent to an activating group) is 1. The van der Waals surface area contributed by atoms with Crippen molar-refractivity contribution in [3.63, 3.8) is 0 Å². The van der Waals surface area contributed by atoms with Crippen LogP contribution in [0.3, 0.4) is 0 Å². The number of aliphatic hydroxyl groups excluding tert-OH is 1. The van der Waals surface area contributed by atoms with Gasteiger partial charge in [-0.1, -0.05) is 0 Å². The molecule has 0 aliphatic heterocycles. The Kier molecular flexibility index (Phi) is 3.28. The summed E-state index contributed by atoms with van der Waals surface area (Å²) in [5, 5.41) is 8.85. The Balaban J connectivity index is 3.39. The smallest absolute Gasteiger partial charge is 0.102 e. The molecule has 0 fully saturated rings. The molecule has 0 heterocycles. The highest BCUT2D eigenvalue weighted by Crippen LogP contribution is 1.87. The second-order valence-corrected chi connectivity index (χ2v) is 2.02. The van der Waals surface area contributed by atoms with Crippen molar-refractivity contribution in [2.24, 2.45) is 0 Å². The summed E-state index contributed by atoms with van der Waals surface area (Å²) in [6.45, 7) is 2.45. The molecule has 0 bridgehead atoms. The first kappa shape index (κ1) is 7.50. The molecule has 0 unspecified atom stereocenters. The molecular weight excluding hydrogens is 102 g/mol. The summed E-state index contributed by atoms with van der Waals surface area (Å²) < 4.78 is 0. The van der Waals surface area contributed by atoms with Gasteiger partial charge in [0.1, 0.15) is 5.76 Å². The Morgan fingerprint density at radius 1 is 1.62 bits per heavy atom.